The molecule has 1 aliphatic rings. The average Bonchev–Trinajstić information content (AvgIpc) is 2.35. The molecule has 0 radical (unpaired) electrons. The number of aliphatic hydroxyl groups is 1. The van der Waals surface area contributed by atoms with Crippen molar-refractivity contribution in [1.82, 2.24) is 0 Å². The fraction of sp³-hybridized carbons (Fsp3) is 0.875. The van der Waals surface area contributed by atoms with Crippen LogP contribution in [0.5, 0.6) is 0 Å². The molecule has 1 rings (SSSR count). The second-order valence-electron chi connectivity index (χ2n) is 7.74. The zero-order valence-electron chi connectivity index (χ0n) is 13.9. The van der Waals surface area contributed by atoms with E-state index < -0.39 is 8.32 Å². The van der Waals surface area contributed by atoms with Gasteiger partial charge in [0, 0.05) is 11.8 Å². The number of aliphatic hydroxyl groups excluding tert-OH is 1. The largest absolute Gasteiger partial charge is 0.413 e. The van der Waals surface area contributed by atoms with Crippen molar-refractivity contribution in [1.29, 1.82) is 0 Å². The minimum absolute atomic E-state index is 0.134. The Morgan fingerprint density at radius 3 is 2.26 bits per heavy atom. The van der Waals surface area contributed by atoms with Gasteiger partial charge < -0.3 is 9.53 Å². The summed E-state index contributed by atoms with van der Waals surface area (Å²) in [5.41, 5.74) is 1.35. The normalized spacial score (nSPS) is 33.8. The lowest BCUT2D eigenvalue weighted by Crippen LogP contribution is -2.48. The Hall–Kier alpha value is -0.123. The highest BCUT2D eigenvalue weighted by molar-refractivity contribution is 6.74. The second-order valence-corrected chi connectivity index (χ2v) is 12.5. The smallest absolute Gasteiger partial charge is 0.192 e. The van der Waals surface area contributed by atoms with Gasteiger partial charge in [0.25, 0.3) is 0 Å². The highest BCUT2D eigenvalue weighted by Gasteiger charge is 2.43. The lowest BCUT2D eigenvalue weighted by atomic mass is 9.88. The molecule has 0 saturated heterocycles. The number of hydrogen-bond acceptors (Lipinski definition) is 2. The van der Waals surface area contributed by atoms with Gasteiger partial charge in [0.15, 0.2) is 8.32 Å². The topological polar surface area (TPSA) is 29.5 Å². The van der Waals surface area contributed by atoms with Gasteiger partial charge in [-0.15, -0.1) is 0 Å². The summed E-state index contributed by atoms with van der Waals surface area (Å²) < 4.78 is 6.63. The minimum atomic E-state index is -1.80. The maximum atomic E-state index is 10.3. The Bertz CT molecular complexity index is 341. The molecule has 4 atom stereocenters. The van der Waals surface area contributed by atoms with E-state index >= 15 is 0 Å². The number of hydrogen-bond donors (Lipinski definition) is 1. The molecule has 3 heteroatoms. The third kappa shape index (κ3) is 3.70. The third-order valence-corrected chi connectivity index (χ3v) is 9.73. The van der Waals surface area contributed by atoms with Crippen LogP contribution >= 0.6 is 0 Å². The molecule has 0 fully saturated rings. The van der Waals surface area contributed by atoms with E-state index in [0.717, 1.165) is 6.42 Å². The molecule has 0 unspecified atom stereocenters. The first-order valence-electron chi connectivity index (χ1n) is 7.50. The van der Waals surface area contributed by atoms with Crippen LogP contribution in [0.25, 0.3) is 0 Å². The van der Waals surface area contributed by atoms with Crippen molar-refractivity contribution in [2.75, 3.05) is 0 Å². The van der Waals surface area contributed by atoms with Crippen molar-refractivity contribution in [2.24, 2.45) is 11.8 Å². The Labute approximate surface area is 120 Å². The van der Waals surface area contributed by atoms with E-state index in [1.807, 2.05) is 0 Å². The van der Waals surface area contributed by atoms with Gasteiger partial charge in [0.2, 0.25) is 0 Å². The van der Waals surface area contributed by atoms with Crippen LogP contribution in [0.1, 0.15) is 48.0 Å². The third-order valence-electron chi connectivity index (χ3n) is 5.25. The summed E-state index contributed by atoms with van der Waals surface area (Å²) in [7, 11) is -1.80. The van der Waals surface area contributed by atoms with Crippen molar-refractivity contribution < 1.29 is 9.53 Å². The summed E-state index contributed by atoms with van der Waals surface area (Å²) >= 11 is 0. The molecule has 0 saturated carbocycles. The lowest BCUT2D eigenvalue weighted by Gasteiger charge is -2.43. The van der Waals surface area contributed by atoms with E-state index in [-0.39, 0.29) is 23.2 Å². The quantitative estimate of drug-likeness (QED) is 0.603. The van der Waals surface area contributed by atoms with Gasteiger partial charge in [-0.25, -0.2) is 0 Å². The predicted octanol–water partition coefficient (Wildman–Crippen LogP) is 4.36. The van der Waals surface area contributed by atoms with Crippen LogP contribution < -0.4 is 0 Å². The molecular formula is C16H32O2Si. The second kappa shape index (κ2) is 5.70. The van der Waals surface area contributed by atoms with Crippen LogP contribution in [0, 0.1) is 11.8 Å². The van der Waals surface area contributed by atoms with Crippen LogP contribution in [0.2, 0.25) is 18.1 Å². The summed E-state index contributed by atoms with van der Waals surface area (Å²) in [4.78, 5) is 0. The van der Waals surface area contributed by atoms with E-state index in [0.29, 0.717) is 5.92 Å². The van der Waals surface area contributed by atoms with Crippen molar-refractivity contribution in [2.45, 2.75) is 78.3 Å². The summed E-state index contributed by atoms with van der Waals surface area (Å²) in [5, 5.41) is 10.5. The molecule has 1 N–H and O–H groups in total. The van der Waals surface area contributed by atoms with Gasteiger partial charge >= 0.3 is 0 Å². The Balaban J connectivity index is 2.99. The Kier molecular flexibility index (Phi) is 5.08. The van der Waals surface area contributed by atoms with Crippen molar-refractivity contribution in [3.8, 4) is 0 Å². The van der Waals surface area contributed by atoms with Crippen LogP contribution in [-0.4, -0.2) is 25.6 Å². The Morgan fingerprint density at radius 1 is 1.26 bits per heavy atom. The maximum Gasteiger partial charge on any atom is 0.192 e. The molecule has 0 aromatic rings. The highest BCUT2D eigenvalue weighted by Crippen LogP contribution is 2.41. The predicted molar refractivity (Wildman–Crippen MR) is 84.8 cm³/mol. The van der Waals surface area contributed by atoms with E-state index in [9.17, 15) is 5.11 Å². The molecular weight excluding hydrogens is 252 g/mol. The zero-order valence-corrected chi connectivity index (χ0v) is 14.9. The van der Waals surface area contributed by atoms with Crippen molar-refractivity contribution in [3.05, 3.63) is 11.6 Å². The first-order valence-corrected chi connectivity index (χ1v) is 10.4. The van der Waals surface area contributed by atoms with Gasteiger partial charge in [0.05, 0.1) is 12.2 Å². The molecule has 112 valence electrons. The van der Waals surface area contributed by atoms with Gasteiger partial charge in [-0.1, -0.05) is 46.3 Å². The first kappa shape index (κ1) is 16.9. The fourth-order valence-corrected chi connectivity index (χ4v) is 3.82. The van der Waals surface area contributed by atoms with E-state index in [4.69, 9.17) is 4.43 Å². The monoisotopic (exact) mass is 284 g/mol. The molecule has 0 heterocycles. The van der Waals surface area contributed by atoms with Gasteiger partial charge in [-0.3, -0.25) is 0 Å². The van der Waals surface area contributed by atoms with E-state index in [1.165, 1.54) is 5.57 Å². The lowest BCUT2D eigenvalue weighted by molar-refractivity contribution is 0.0157. The van der Waals surface area contributed by atoms with Gasteiger partial charge in [-0.2, -0.15) is 0 Å². The molecule has 0 spiro atoms. The van der Waals surface area contributed by atoms with Crippen molar-refractivity contribution >= 4 is 8.32 Å². The summed E-state index contributed by atoms with van der Waals surface area (Å²) in [6, 6.07) is 0. The van der Waals surface area contributed by atoms with Crippen LogP contribution in [0.4, 0.5) is 0 Å². The minimum Gasteiger partial charge on any atom is -0.413 e. The van der Waals surface area contributed by atoms with E-state index in [2.05, 4.69) is 60.7 Å². The van der Waals surface area contributed by atoms with Crippen molar-refractivity contribution in [3.63, 3.8) is 0 Å². The molecule has 0 amide bonds. The molecule has 1 aliphatic carbocycles. The van der Waals surface area contributed by atoms with Gasteiger partial charge in [0.1, 0.15) is 0 Å². The summed E-state index contributed by atoms with van der Waals surface area (Å²) in [6.07, 6.45) is 2.79. The standard InChI is InChI=1S/C16H32O2Si/c1-11-9-10-14(17)13(3)15(12(11)2)18-19(7,8)16(4,5)6/h9,12-15,17H,10H2,1-8H3/t12-,13+,14-,15-/m0/s1. The molecule has 2 nitrogen and oxygen atoms in total. The fourth-order valence-electron chi connectivity index (χ4n) is 2.37. The molecule has 19 heavy (non-hydrogen) atoms. The van der Waals surface area contributed by atoms with Crippen LogP contribution in [0.3, 0.4) is 0 Å². The maximum absolute atomic E-state index is 10.3. The summed E-state index contributed by atoms with van der Waals surface area (Å²) in [5.74, 6) is 0.582. The van der Waals surface area contributed by atoms with Crippen LogP contribution in [-0.2, 0) is 4.43 Å². The molecule has 0 aliphatic heterocycles. The van der Waals surface area contributed by atoms with Gasteiger partial charge in [-0.05, 0) is 31.5 Å². The molecule has 0 aromatic carbocycles. The molecule has 0 aromatic heterocycles. The first-order chi connectivity index (χ1) is 8.47. The Morgan fingerprint density at radius 2 is 1.79 bits per heavy atom. The highest BCUT2D eigenvalue weighted by atomic mass is 28.4. The van der Waals surface area contributed by atoms with E-state index in [1.54, 1.807) is 0 Å². The number of rotatable bonds is 2. The zero-order chi connectivity index (χ0) is 15.0. The average molecular weight is 285 g/mol. The summed E-state index contributed by atoms with van der Waals surface area (Å²) in [6.45, 7) is 17.9. The SMILES string of the molecule is CC1=CC[C@H](O)[C@@H](C)[C@@H](O[Si](C)(C)C(C)(C)C)[C@H]1C. The van der Waals surface area contributed by atoms with Crippen LogP contribution in [0.15, 0.2) is 11.6 Å². The molecule has 0 bridgehead atoms.